The van der Waals surface area contributed by atoms with Gasteiger partial charge < -0.3 is 9.47 Å². The van der Waals surface area contributed by atoms with Crippen molar-refractivity contribution in [3.63, 3.8) is 0 Å². The van der Waals surface area contributed by atoms with E-state index in [2.05, 4.69) is 69.8 Å². The number of alkyl halides is 1. The van der Waals surface area contributed by atoms with Gasteiger partial charge in [0.2, 0.25) is 0 Å². The molecule has 0 saturated carbocycles. The van der Waals surface area contributed by atoms with E-state index in [0.717, 1.165) is 29.8 Å². The highest BCUT2D eigenvalue weighted by atomic mass is 79.9. The van der Waals surface area contributed by atoms with E-state index in [0.29, 0.717) is 0 Å². The van der Waals surface area contributed by atoms with Gasteiger partial charge in [-0.2, -0.15) is 0 Å². The summed E-state index contributed by atoms with van der Waals surface area (Å²) in [4.78, 5) is 1.21. The molecule has 0 aliphatic carbocycles. The van der Waals surface area contributed by atoms with E-state index in [4.69, 9.17) is 9.47 Å². The molecule has 0 spiro atoms. The van der Waals surface area contributed by atoms with Crippen LogP contribution in [0.25, 0.3) is 0 Å². The van der Waals surface area contributed by atoms with Crippen LogP contribution >= 0.6 is 75.1 Å². The minimum Gasteiger partial charge on any atom is -0.496 e. The number of hydrogen-bond donors (Lipinski definition) is 0. The average molecular weight is 550 g/mol. The summed E-state index contributed by atoms with van der Waals surface area (Å²) in [7, 11) is 3.32. The Morgan fingerprint density at radius 2 is 1.60 bits per heavy atom. The van der Waals surface area contributed by atoms with E-state index in [9.17, 15) is 0 Å². The molecule has 20 heavy (non-hydrogen) atoms. The first-order chi connectivity index (χ1) is 9.47. The van der Waals surface area contributed by atoms with Gasteiger partial charge in [-0.3, -0.25) is 0 Å². The van der Waals surface area contributed by atoms with Crippen molar-refractivity contribution in [3.05, 3.63) is 41.4 Å². The van der Waals surface area contributed by atoms with Crippen LogP contribution in [0.2, 0.25) is 0 Å². The quantitative estimate of drug-likeness (QED) is 0.403. The molecule has 2 nitrogen and oxygen atoms in total. The highest BCUT2D eigenvalue weighted by Gasteiger charge is 2.21. The lowest BCUT2D eigenvalue weighted by atomic mass is 10.1. The topological polar surface area (TPSA) is 18.5 Å². The van der Waals surface area contributed by atoms with Crippen molar-refractivity contribution in [1.29, 1.82) is 0 Å². The average Bonchev–Trinajstić information content (AvgIpc) is 2.77. The summed E-state index contributed by atoms with van der Waals surface area (Å²) in [6.45, 7) is 0. The SMILES string of the molecule is COc1cc(C(Br)c2cc(Br)c(Br)s2)c(OC)cc1Br. The monoisotopic (exact) mass is 546 g/mol. The Hall–Kier alpha value is 0.440. The van der Waals surface area contributed by atoms with Crippen molar-refractivity contribution in [2.75, 3.05) is 14.2 Å². The van der Waals surface area contributed by atoms with Gasteiger partial charge in [-0.05, 0) is 66.0 Å². The number of methoxy groups -OCH3 is 2. The number of ether oxygens (including phenoxy) is 2. The lowest BCUT2D eigenvalue weighted by Crippen LogP contribution is -1.97. The zero-order valence-electron chi connectivity index (χ0n) is 10.5. The predicted molar refractivity (Wildman–Crippen MR) is 97.7 cm³/mol. The number of halogens is 4. The highest BCUT2D eigenvalue weighted by molar-refractivity contribution is 9.13. The molecule has 1 atom stereocenters. The second-order valence-corrected chi connectivity index (χ2v) is 8.89. The minimum atomic E-state index is 0.0343. The fourth-order valence-electron chi connectivity index (χ4n) is 1.72. The molecule has 1 heterocycles. The molecule has 0 N–H and O–H groups in total. The molecule has 1 aromatic carbocycles. The highest BCUT2D eigenvalue weighted by Crippen LogP contribution is 2.46. The Bertz CT molecular complexity index is 608. The molecule has 7 heteroatoms. The molecular formula is C13H10Br4O2S. The van der Waals surface area contributed by atoms with Gasteiger partial charge in [-0.1, -0.05) is 15.9 Å². The van der Waals surface area contributed by atoms with Gasteiger partial charge in [0.25, 0.3) is 0 Å². The molecule has 0 fully saturated rings. The molecule has 0 aliphatic rings. The van der Waals surface area contributed by atoms with E-state index in [1.807, 2.05) is 12.1 Å². The Morgan fingerprint density at radius 3 is 2.10 bits per heavy atom. The Kier molecular flexibility index (Phi) is 5.99. The van der Waals surface area contributed by atoms with Crippen LogP contribution < -0.4 is 9.47 Å². The van der Waals surface area contributed by atoms with Crippen molar-refractivity contribution in [2.45, 2.75) is 4.83 Å². The van der Waals surface area contributed by atoms with Crippen molar-refractivity contribution >= 4 is 75.1 Å². The smallest absolute Gasteiger partial charge is 0.133 e. The molecule has 1 unspecified atom stereocenters. The first-order valence-electron chi connectivity index (χ1n) is 5.48. The summed E-state index contributed by atoms with van der Waals surface area (Å²) in [6.07, 6.45) is 0. The third-order valence-electron chi connectivity index (χ3n) is 2.69. The standard InChI is InChI=1S/C13H10Br4O2S/c1-18-9-4-7(14)10(19-2)3-6(9)12(16)11-5-8(15)13(17)20-11/h3-5,12H,1-2H3. The van der Waals surface area contributed by atoms with Crippen molar-refractivity contribution in [2.24, 2.45) is 0 Å². The summed E-state index contributed by atoms with van der Waals surface area (Å²) in [5.74, 6) is 1.58. The van der Waals surface area contributed by atoms with E-state index >= 15 is 0 Å². The molecular weight excluding hydrogens is 540 g/mol. The molecule has 2 aromatic rings. The lowest BCUT2D eigenvalue weighted by Gasteiger charge is -2.15. The summed E-state index contributed by atoms with van der Waals surface area (Å²) in [6, 6.07) is 5.98. The summed E-state index contributed by atoms with van der Waals surface area (Å²) >= 11 is 15.9. The van der Waals surface area contributed by atoms with Crippen LogP contribution in [0.15, 0.2) is 30.9 Å². The first-order valence-corrected chi connectivity index (χ1v) is 9.59. The van der Waals surface area contributed by atoms with Gasteiger partial charge in [0.1, 0.15) is 11.5 Å². The third-order valence-corrected chi connectivity index (χ3v) is 7.92. The van der Waals surface area contributed by atoms with Gasteiger partial charge in [-0.15, -0.1) is 11.3 Å². The van der Waals surface area contributed by atoms with Gasteiger partial charge in [0.15, 0.2) is 0 Å². The van der Waals surface area contributed by atoms with Crippen LogP contribution in [0.1, 0.15) is 15.3 Å². The Labute approximate surface area is 155 Å². The van der Waals surface area contributed by atoms with Crippen LogP contribution in [0.3, 0.4) is 0 Å². The van der Waals surface area contributed by atoms with Crippen LogP contribution in [-0.2, 0) is 0 Å². The zero-order valence-corrected chi connectivity index (χ0v) is 17.7. The Morgan fingerprint density at radius 1 is 0.950 bits per heavy atom. The summed E-state index contributed by atoms with van der Waals surface area (Å²) in [5, 5.41) is 0. The number of benzene rings is 1. The molecule has 0 aliphatic heterocycles. The fourth-order valence-corrected chi connectivity index (χ4v) is 5.06. The molecule has 1 aromatic heterocycles. The lowest BCUT2D eigenvalue weighted by molar-refractivity contribution is 0.397. The molecule has 0 bridgehead atoms. The van der Waals surface area contributed by atoms with Crippen molar-refractivity contribution < 1.29 is 9.47 Å². The fraction of sp³-hybridized carbons (Fsp3) is 0.231. The zero-order chi connectivity index (χ0) is 14.9. The number of rotatable bonds is 4. The Balaban J connectivity index is 2.49. The number of hydrogen-bond acceptors (Lipinski definition) is 3. The largest absolute Gasteiger partial charge is 0.496 e. The van der Waals surface area contributed by atoms with E-state index in [-0.39, 0.29) is 4.83 Å². The van der Waals surface area contributed by atoms with Crippen LogP contribution in [0.4, 0.5) is 0 Å². The molecule has 0 amide bonds. The molecule has 108 valence electrons. The maximum atomic E-state index is 5.47. The minimum absolute atomic E-state index is 0.0343. The predicted octanol–water partition coefficient (Wildman–Crippen LogP) is 6.54. The van der Waals surface area contributed by atoms with Crippen LogP contribution in [0, 0.1) is 0 Å². The molecule has 0 radical (unpaired) electrons. The number of thiophene rings is 1. The van der Waals surface area contributed by atoms with Gasteiger partial charge >= 0.3 is 0 Å². The summed E-state index contributed by atoms with van der Waals surface area (Å²) < 4.78 is 13.8. The normalized spacial score (nSPS) is 12.3. The van der Waals surface area contributed by atoms with Gasteiger partial charge in [-0.25, -0.2) is 0 Å². The van der Waals surface area contributed by atoms with E-state index in [1.165, 1.54) is 4.88 Å². The van der Waals surface area contributed by atoms with Crippen molar-refractivity contribution in [1.82, 2.24) is 0 Å². The van der Waals surface area contributed by atoms with Crippen LogP contribution in [0.5, 0.6) is 11.5 Å². The van der Waals surface area contributed by atoms with E-state index < -0.39 is 0 Å². The van der Waals surface area contributed by atoms with Crippen molar-refractivity contribution in [3.8, 4) is 11.5 Å². The molecule has 0 saturated heterocycles. The van der Waals surface area contributed by atoms with E-state index in [1.54, 1.807) is 25.6 Å². The summed E-state index contributed by atoms with van der Waals surface area (Å²) in [5.41, 5.74) is 1.02. The van der Waals surface area contributed by atoms with Gasteiger partial charge in [0.05, 0.1) is 27.3 Å². The van der Waals surface area contributed by atoms with Gasteiger partial charge in [0, 0.05) is 14.9 Å². The maximum Gasteiger partial charge on any atom is 0.133 e. The second kappa shape index (κ2) is 7.13. The maximum absolute atomic E-state index is 5.47. The molecule has 2 rings (SSSR count). The second-order valence-electron chi connectivity index (χ2n) is 3.86. The van der Waals surface area contributed by atoms with Crippen LogP contribution in [-0.4, -0.2) is 14.2 Å². The third kappa shape index (κ3) is 3.43. The first kappa shape index (κ1) is 16.8.